The molecule has 178 valence electrons. The van der Waals surface area contributed by atoms with Gasteiger partial charge >= 0.3 is 0 Å². The Balaban J connectivity index is 3.82. The van der Waals surface area contributed by atoms with Crippen LogP contribution in [0.1, 0.15) is 163 Å². The van der Waals surface area contributed by atoms with Crippen LogP contribution in [0.25, 0.3) is 0 Å². The maximum atomic E-state index is 3.53. The molecule has 0 heteroatoms. The lowest BCUT2D eigenvalue weighted by molar-refractivity contribution is 0.384. The van der Waals surface area contributed by atoms with Crippen molar-refractivity contribution in [3.05, 3.63) is 0 Å². The molecule has 0 nitrogen and oxygen atoms in total. The molecule has 3 atom stereocenters. The average Bonchev–Trinajstić information content (AvgIpc) is 2.77. The number of rotatable bonds is 21. The van der Waals surface area contributed by atoms with Crippen molar-refractivity contribution in [1.82, 2.24) is 0 Å². The number of unbranched alkanes of at least 4 members (excludes halogenated alkanes) is 7. The zero-order valence-corrected chi connectivity index (χ0v) is 21.9. The average molecular weight is 419 g/mol. The summed E-state index contributed by atoms with van der Waals surface area (Å²) in [5.74, 6) is 9.76. The van der Waals surface area contributed by atoms with Crippen molar-refractivity contribution in [3.8, 4) is 11.8 Å². The lowest BCUT2D eigenvalue weighted by atomic mass is 9.91. The summed E-state index contributed by atoms with van der Waals surface area (Å²) in [4.78, 5) is 0. The number of hydrogen-bond donors (Lipinski definition) is 0. The molecular formula is C30H58. The van der Waals surface area contributed by atoms with Crippen LogP contribution in [0.4, 0.5) is 0 Å². The Morgan fingerprint density at radius 3 is 1.47 bits per heavy atom. The third-order valence-corrected chi connectivity index (χ3v) is 7.33. The van der Waals surface area contributed by atoms with Gasteiger partial charge in [-0.25, -0.2) is 0 Å². The van der Waals surface area contributed by atoms with Gasteiger partial charge in [-0.2, -0.15) is 0 Å². The van der Waals surface area contributed by atoms with E-state index in [4.69, 9.17) is 0 Å². The SMILES string of the molecule is CCCCCCCC(CC)CCCCCC(CC)CC#CCCC(CC)CCCC. The van der Waals surface area contributed by atoms with E-state index in [2.05, 4.69) is 46.5 Å². The van der Waals surface area contributed by atoms with Gasteiger partial charge < -0.3 is 0 Å². The largest absolute Gasteiger partial charge is 0.103 e. The first-order valence-corrected chi connectivity index (χ1v) is 14.2. The third-order valence-electron chi connectivity index (χ3n) is 7.33. The van der Waals surface area contributed by atoms with Crippen molar-refractivity contribution in [2.75, 3.05) is 0 Å². The van der Waals surface area contributed by atoms with E-state index in [0.717, 1.165) is 30.6 Å². The van der Waals surface area contributed by atoms with E-state index in [9.17, 15) is 0 Å². The van der Waals surface area contributed by atoms with Gasteiger partial charge in [0.15, 0.2) is 0 Å². The fourth-order valence-electron chi connectivity index (χ4n) is 4.71. The molecule has 0 amide bonds. The van der Waals surface area contributed by atoms with Crippen molar-refractivity contribution < 1.29 is 0 Å². The maximum Gasteiger partial charge on any atom is 0.0117 e. The van der Waals surface area contributed by atoms with Crippen LogP contribution >= 0.6 is 0 Å². The zero-order valence-electron chi connectivity index (χ0n) is 21.9. The molecule has 0 bridgehead atoms. The quantitative estimate of drug-likeness (QED) is 0.128. The van der Waals surface area contributed by atoms with E-state index >= 15 is 0 Å². The molecule has 0 N–H and O–H groups in total. The molecule has 0 saturated heterocycles. The Bertz CT molecular complexity index is 385. The van der Waals surface area contributed by atoms with Crippen LogP contribution in [0, 0.1) is 29.6 Å². The van der Waals surface area contributed by atoms with E-state index < -0.39 is 0 Å². The molecule has 0 aromatic heterocycles. The Labute approximate surface area is 192 Å². The molecule has 0 aliphatic rings. The van der Waals surface area contributed by atoms with E-state index in [1.165, 1.54) is 116 Å². The van der Waals surface area contributed by atoms with Gasteiger partial charge in [0.25, 0.3) is 0 Å². The molecule has 0 radical (unpaired) electrons. The highest BCUT2D eigenvalue weighted by Gasteiger charge is 2.08. The summed E-state index contributed by atoms with van der Waals surface area (Å²) < 4.78 is 0. The molecule has 0 aromatic rings. The zero-order chi connectivity index (χ0) is 22.3. The molecular weight excluding hydrogens is 360 g/mol. The molecule has 0 saturated carbocycles. The van der Waals surface area contributed by atoms with Gasteiger partial charge in [0.05, 0.1) is 0 Å². The molecule has 0 rings (SSSR count). The molecule has 3 unspecified atom stereocenters. The molecule has 0 spiro atoms. The van der Waals surface area contributed by atoms with Crippen LogP contribution in [0.5, 0.6) is 0 Å². The second kappa shape index (κ2) is 23.2. The summed E-state index contributed by atoms with van der Waals surface area (Å²) >= 11 is 0. The minimum absolute atomic E-state index is 0.833. The molecule has 0 aliphatic heterocycles. The van der Waals surface area contributed by atoms with Crippen LogP contribution in [-0.4, -0.2) is 0 Å². The van der Waals surface area contributed by atoms with Crippen molar-refractivity contribution in [2.24, 2.45) is 17.8 Å². The first-order chi connectivity index (χ1) is 14.7. The highest BCUT2D eigenvalue weighted by Crippen LogP contribution is 2.23. The minimum atomic E-state index is 0.833. The second-order valence-electron chi connectivity index (χ2n) is 9.90. The van der Waals surface area contributed by atoms with Gasteiger partial charge in [-0.05, 0) is 30.6 Å². The maximum absolute atomic E-state index is 3.53. The van der Waals surface area contributed by atoms with Gasteiger partial charge in [0, 0.05) is 12.8 Å². The fraction of sp³-hybridized carbons (Fsp3) is 0.933. The first-order valence-electron chi connectivity index (χ1n) is 14.2. The summed E-state index contributed by atoms with van der Waals surface area (Å²) in [5.41, 5.74) is 0. The van der Waals surface area contributed by atoms with E-state index in [1.807, 2.05) is 0 Å². The minimum Gasteiger partial charge on any atom is -0.103 e. The molecule has 30 heavy (non-hydrogen) atoms. The van der Waals surface area contributed by atoms with E-state index in [-0.39, 0.29) is 0 Å². The van der Waals surface area contributed by atoms with Crippen LogP contribution in [-0.2, 0) is 0 Å². The highest BCUT2D eigenvalue weighted by atomic mass is 14.1. The highest BCUT2D eigenvalue weighted by molar-refractivity contribution is 5.00. The number of hydrogen-bond acceptors (Lipinski definition) is 0. The molecule has 0 heterocycles. The fourth-order valence-corrected chi connectivity index (χ4v) is 4.71. The second-order valence-corrected chi connectivity index (χ2v) is 9.90. The van der Waals surface area contributed by atoms with Crippen molar-refractivity contribution in [1.29, 1.82) is 0 Å². The normalized spacial score (nSPS) is 14.2. The smallest absolute Gasteiger partial charge is 0.0117 e. The Morgan fingerprint density at radius 1 is 0.433 bits per heavy atom. The Kier molecular flexibility index (Phi) is 22.9. The van der Waals surface area contributed by atoms with Gasteiger partial charge in [-0.15, -0.1) is 11.8 Å². The molecule has 0 fully saturated rings. The van der Waals surface area contributed by atoms with Crippen LogP contribution < -0.4 is 0 Å². The summed E-state index contributed by atoms with van der Waals surface area (Å²) in [6, 6.07) is 0. The van der Waals surface area contributed by atoms with Crippen molar-refractivity contribution in [3.63, 3.8) is 0 Å². The monoisotopic (exact) mass is 418 g/mol. The van der Waals surface area contributed by atoms with Gasteiger partial charge in [0.1, 0.15) is 0 Å². The topological polar surface area (TPSA) is 0 Å². The summed E-state index contributed by atoms with van der Waals surface area (Å²) in [6.07, 6.45) is 27.5. The van der Waals surface area contributed by atoms with E-state index in [0.29, 0.717) is 0 Å². The van der Waals surface area contributed by atoms with Gasteiger partial charge in [-0.1, -0.05) is 137 Å². The first kappa shape index (κ1) is 29.6. The summed E-state index contributed by atoms with van der Waals surface area (Å²) in [5, 5.41) is 0. The lowest BCUT2D eigenvalue weighted by Gasteiger charge is -2.15. The van der Waals surface area contributed by atoms with Gasteiger partial charge in [0.2, 0.25) is 0 Å². The summed E-state index contributed by atoms with van der Waals surface area (Å²) in [6.45, 7) is 11.7. The van der Waals surface area contributed by atoms with E-state index in [1.54, 1.807) is 0 Å². The Hall–Kier alpha value is -0.440. The van der Waals surface area contributed by atoms with Crippen LogP contribution in [0.15, 0.2) is 0 Å². The molecule has 0 aromatic carbocycles. The summed E-state index contributed by atoms with van der Waals surface area (Å²) in [7, 11) is 0. The van der Waals surface area contributed by atoms with Crippen molar-refractivity contribution in [2.45, 2.75) is 163 Å². The van der Waals surface area contributed by atoms with Gasteiger partial charge in [-0.3, -0.25) is 0 Å². The molecule has 0 aliphatic carbocycles. The predicted molar refractivity (Wildman–Crippen MR) is 139 cm³/mol. The standard InChI is InChI=1S/C30H58/c1-6-11-13-14-17-23-29(9-4)25-20-16-21-27-30(10-5)26-19-15-18-24-28(8-3)22-12-7-2/h28-30H,6-14,16-18,20-27H2,1-5H3. The van der Waals surface area contributed by atoms with Crippen LogP contribution in [0.2, 0.25) is 0 Å². The predicted octanol–water partition coefficient (Wildman–Crippen LogP) is 10.7. The van der Waals surface area contributed by atoms with Crippen molar-refractivity contribution >= 4 is 0 Å². The van der Waals surface area contributed by atoms with Crippen LogP contribution in [0.3, 0.4) is 0 Å². The lowest BCUT2D eigenvalue weighted by Crippen LogP contribution is -2.01. The Morgan fingerprint density at radius 2 is 0.900 bits per heavy atom. The third kappa shape index (κ3) is 18.3.